The molecule has 0 spiro atoms. The first-order valence-corrected chi connectivity index (χ1v) is 13.5. The average molecular weight is 544 g/mol. The van der Waals surface area contributed by atoms with E-state index in [1.54, 1.807) is 26.0 Å². The molecule has 0 unspecified atom stereocenters. The standard InChI is InChI=1S/C30H35F2NO6/c1-26-10-9-19(34)11-21(26)22(31)12-23-27(2)13-18-16-33(15-17-5-7-20(38-4)8-6-17)39-30(18,25(36)37)28(27,3)14-24(35)29(23,26)32/h5-11,18,22-24,35H,12-16H2,1-4H3,(H,36,37)/t18-,22-,23-,24-,26-,27-,28-,29-,30-/m0/s1. The number of nitrogens with zero attached hydrogens (tertiary/aromatic N) is 1. The van der Waals surface area contributed by atoms with Gasteiger partial charge >= 0.3 is 5.97 Å². The monoisotopic (exact) mass is 543 g/mol. The van der Waals surface area contributed by atoms with Crippen molar-refractivity contribution in [3.05, 3.63) is 53.6 Å². The topological polar surface area (TPSA) is 96.3 Å². The highest BCUT2D eigenvalue weighted by Gasteiger charge is 2.83. The Morgan fingerprint density at radius 2 is 1.90 bits per heavy atom. The number of ether oxygens (including phenoxy) is 1. The Kier molecular flexibility index (Phi) is 5.60. The van der Waals surface area contributed by atoms with Crippen LogP contribution < -0.4 is 4.74 Å². The predicted octanol–water partition coefficient (Wildman–Crippen LogP) is 4.20. The van der Waals surface area contributed by atoms with E-state index in [-0.39, 0.29) is 18.4 Å². The van der Waals surface area contributed by atoms with Gasteiger partial charge in [-0.15, -0.1) is 0 Å². The van der Waals surface area contributed by atoms with Crippen LogP contribution in [0.3, 0.4) is 0 Å². The van der Waals surface area contributed by atoms with E-state index in [1.165, 1.54) is 12.2 Å². The molecule has 1 heterocycles. The predicted molar refractivity (Wildman–Crippen MR) is 137 cm³/mol. The number of hydroxylamine groups is 2. The van der Waals surface area contributed by atoms with Crippen LogP contribution in [-0.4, -0.2) is 64.2 Å². The van der Waals surface area contributed by atoms with Gasteiger partial charge in [-0.2, -0.15) is 5.06 Å². The second kappa shape index (κ2) is 8.21. The van der Waals surface area contributed by atoms with Crippen molar-refractivity contribution in [2.45, 2.75) is 70.1 Å². The van der Waals surface area contributed by atoms with Gasteiger partial charge in [-0.1, -0.05) is 32.1 Å². The molecule has 2 N–H and O–H groups in total. The summed E-state index contributed by atoms with van der Waals surface area (Å²) in [5.41, 5.74) is -6.75. The molecule has 210 valence electrons. The SMILES string of the molecule is COc1ccc(CN2C[C@@H]3C[C@@]4(C)[C@@H]5C[C@H](F)C6=CC(=O)C=C[C@]6(C)[C@@]5(F)[C@@H](O)C[C@]4(C)[C@]3(C(=O)O)O2)cc1. The maximum atomic E-state index is 17.6. The minimum absolute atomic E-state index is 0.0491. The summed E-state index contributed by atoms with van der Waals surface area (Å²) < 4.78 is 38.6. The second-order valence-corrected chi connectivity index (χ2v) is 12.7. The van der Waals surface area contributed by atoms with Crippen molar-refractivity contribution >= 4 is 11.8 Å². The lowest BCUT2D eigenvalue weighted by molar-refractivity contribution is -0.294. The highest BCUT2D eigenvalue weighted by molar-refractivity contribution is 6.01. The van der Waals surface area contributed by atoms with E-state index in [4.69, 9.17) is 9.57 Å². The zero-order valence-corrected chi connectivity index (χ0v) is 22.6. The van der Waals surface area contributed by atoms with Crippen molar-refractivity contribution in [3.8, 4) is 5.75 Å². The van der Waals surface area contributed by atoms with Crippen LogP contribution in [0.15, 0.2) is 48.1 Å². The molecular formula is C30H35F2NO6. The number of carbonyl (C=O) groups is 2. The molecule has 0 amide bonds. The van der Waals surface area contributed by atoms with Crippen LogP contribution in [0.4, 0.5) is 8.78 Å². The van der Waals surface area contributed by atoms with Crippen LogP contribution in [0.5, 0.6) is 5.75 Å². The molecule has 6 rings (SSSR count). The molecule has 39 heavy (non-hydrogen) atoms. The number of benzene rings is 1. The highest BCUT2D eigenvalue weighted by atomic mass is 19.1. The lowest BCUT2D eigenvalue weighted by atomic mass is 9.40. The molecule has 3 saturated carbocycles. The van der Waals surface area contributed by atoms with Gasteiger partial charge in [0.25, 0.3) is 0 Å². The van der Waals surface area contributed by atoms with E-state index in [1.807, 2.05) is 31.2 Å². The molecule has 4 fully saturated rings. The van der Waals surface area contributed by atoms with E-state index in [2.05, 4.69) is 0 Å². The normalized spacial score (nSPS) is 46.6. The highest BCUT2D eigenvalue weighted by Crippen LogP contribution is 2.77. The van der Waals surface area contributed by atoms with Gasteiger partial charge in [0.1, 0.15) is 11.9 Å². The number of hydrogen-bond donors (Lipinski definition) is 2. The van der Waals surface area contributed by atoms with E-state index < -0.39 is 63.4 Å². The van der Waals surface area contributed by atoms with Gasteiger partial charge < -0.3 is 14.9 Å². The largest absolute Gasteiger partial charge is 0.497 e. The van der Waals surface area contributed by atoms with Crippen LogP contribution >= 0.6 is 0 Å². The number of halogens is 2. The number of carbonyl (C=O) groups excluding carboxylic acids is 1. The lowest BCUT2D eigenvalue weighted by Gasteiger charge is -2.66. The van der Waals surface area contributed by atoms with E-state index >= 15 is 8.78 Å². The number of carboxylic acids is 1. The molecule has 4 aliphatic carbocycles. The van der Waals surface area contributed by atoms with Gasteiger partial charge in [0.2, 0.25) is 0 Å². The van der Waals surface area contributed by atoms with Crippen LogP contribution in [0, 0.1) is 28.1 Å². The number of rotatable bonds is 4. The third-order valence-corrected chi connectivity index (χ3v) is 11.3. The first-order valence-electron chi connectivity index (χ1n) is 13.5. The quantitative estimate of drug-likeness (QED) is 0.588. The summed E-state index contributed by atoms with van der Waals surface area (Å²) in [6.07, 6.45) is 0.527. The van der Waals surface area contributed by atoms with Crippen LogP contribution in [-0.2, 0) is 21.0 Å². The summed E-state index contributed by atoms with van der Waals surface area (Å²) in [6, 6.07) is 7.41. The van der Waals surface area contributed by atoms with Crippen molar-refractivity contribution in [3.63, 3.8) is 0 Å². The molecule has 1 aromatic carbocycles. The smallest absolute Gasteiger partial charge is 0.339 e. The van der Waals surface area contributed by atoms with Gasteiger partial charge in [0.05, 0.1) is 13.2 Å². The number of aliphatic hydroxyl groups excluding tert-OH is 1. The van der Waals surface area contributed by atoms with E-state index in [9.17, 15) is 19.8 Å². The van der Waals surface area contributed by atoms with Gasteiger partial charge in [-0.05, 0) is 67.0 Å². The third kappa shape index (κ3) is 3.07. The molecule has 7 nitrogen and oxygen atoms in total. The molecule has 9 heteroatoms. The minimum atomic E-state index is -2.28. The number of methoxy groups -OCH3 is 1. The Hall–Kier alpha value is -2.62. The number of ketones is 1. The number of hydrogen-bond acceptors (Lipinski definition) is 6. The van der Waals surface area contributed by atoms with Crippen molar-refractivity contribution in [1.82, 2.24) is 5.06 Å². The molecule has 5 aliphatic rings. The Labute approximate surface area is 226 Å². The summed E-state index contributed by atoms with van der Waals surface area (Å²) in [4.78, 5) is 31.6. The number of aliphatic carboxylic acids is 1. The average Bonchev–Trinajstić information content (AvgIpc) is 3.33. The lowest BCUT2D eigenvalue weighted by Crippen LogP contribution is -2.73. The summed E-state index contributed by atoms with van der Waals surface area (Å²) in [7, 11) is 1.58. The number of fused-ring (bicyclic) bond motifs is 7. The van der Waals surface area contributed by atoms with Crippen molar-refractivity contribution in [2.24, 2.45) is 28.1 Å². The number of alkyl halides is 2. The maximum Gasteiger partial charge on any atom is 0.339 e. The van der Waals surface area contributed by atoms with Gasteiger partial charge in [0.15, 0.2) is 17.1 Å². The summed E-state index contributed by atoms with van der Waals surface area (Å²) in [5, 5.41) is 24.0. The number of allylic oxidation sites excluding steroid dienone is 4. The van der Waals surface area contributed by atoms with Gasteiger partial charge in [-0.25, -0.2) is 13.6 Å². The molecular weight excluding hydrogens is 508 g/mol. The fourth-order valence-corrected chi connectivity index (χ4v) is 9.17. The second-order valence-electron chi connectivity index (χ2n) is 12.7. The Balaban J connectivity index is 1.40. The molecule has 9 atom stereocenters. The molecule has 0 radical (unpaired) electrons. The third-order valence-electron chi connectivity index (χ3n) is 11.3. The Bertz CT molecular complexity index is 1300. The van der Waals surface area contributed by atoms with Gasteiger partial charge in [0, 0.05) is 35.8 Å². The molecule has 0 aromatic heterocycles. The minimum Gasteiger partial charge on any atom is -0.497 e. The molecule has 1 aromatic rings. The van der Waals surface area contributed by atoms with Crippen molar-refractivity contribution in [2.75, 3.05) is 13.7 Å². The molecule has 0 bridgehead atoms. The summed E-state index contributed by atoms with van der Waals surface area (Å²) in [5.74, 6) is -2.34. The molecule has 1 aliphatic heterocycles. The first-order chi connectivity index (χ1) is 18.3. The zero-order valence-electron chi connectivity index (χ0n) is 22.6. The fourth-order valence-electron chi connectivity index (χ4n) is 9.17. The zero-order chi connectivity index (χ0) is 28.2. The number of aliphatic hydroxyl groups is 1. The fraction of sp³-hybridized carbons (Fsp3) is 0.600. The maximum absolute atomic E-state index is 17.6. The first kappa shape index (κ1) is 26.6. The van der Waals surface area contributed by atoms with Crippen LogP contribution in [0.1, 0.15) is 45.6 Å². The van der Waals surface area contributed by atoms with Crippen molar-refractivity contribution < 1.29 is 38.2 Å². The summed E-state index contributed by atoms with van der Waals surface area (Å²) in [6.45, 7) is 5.81. The van der Waals surface area contributed by atoms with Gasteiger partial charge in [-0.3, -0.25) is 9.63 Å². The summed E-state index contributed by atoms with van der Waals surface area (Å²) >= 11 is 0. The Morgan fingerprint density at radius 1 is 1.21 bits per heavy atom. The van der Waals surface area contributed by atoms with Crippen LogP contribution in [0.2, 0.25) is 0 Å². The molecule has 1 saturated heterocycles. The van der Waals surface area contributed by atoms with E-state index in [0.29, 0.717) is 25.3 Å². The van der Waals surface area contributed by atoms with Crippen molar-refractivity contribution in [1.29, 1.82) is 0 Å². The number of carboxylic acid groups (broad SMARTS) is 1. The Morgan fingerprint density at radius 3 is 2.54 bits per heavy atom. The van der Waals surface area contributed by atoms with E-state index in [0.717, 1.165) is 11.6 Å². The van der Waals surface area contributed by atoms with Crippen LogP contribution in [0.25, 0.3) is 0 Å².